The number of H-pyrrole nitrogens is 1. The summed E-state index contributed by atoms with van der Waals surface area (Å²) in [6, 6.07) is 12.7. The molecule has 2 N–H and O–H groups in total. The number of carbonyl (C=O) groups excluding carboxylic acids is 1. The van der Waals surface area contributed by atoms with Gasteiger partial charge in [-0.25, -0.2) is 4.68 Å². The van der Waals surface area contributed by atoms with E-state index in [2.05, 4.69) is 20.6 Å². The van der Waals surface area contributed by atoms with Crippen LogP contribution in [0.25, 0.3) is 22.0 Å². The van der Waals surface area contributed by atoms with Crippen molar-refractivity contribution >= 4 is 16.7 Å². The van der Waals surface area contributed by atoms with Gasteiger partial charge < -0.3 is 19.5 Å². The second kappa shape index (κ2) is 10.3. The number of fused-ring (bicyclic) bond motifs is 1. The molecule has 5 rings (SSSR count). The van der Waals surface area contributed by atoms with Crippen LogP contribution in [0.1, 0.15) is 47.9 Å². The van der Waals surface area contributed by atoms with Crippen molar-refractivity contribution in [3.63, 3.8) is 0 Å². The molecule has 1 saturated carbocycles. The molecule has 10 nitrogen and oxygen atoms in total. The van der Waals surface area contributed by atoms with Crippen molar-refractivity contribution in [1.29, 1.82) is 0 Å². The van der Waals surface area contributed by atoms with Crippen molar-refractivity contribution in [2.75, 3.05) is 21.3 Å². The van der Waals surface area contributed by atoms with Crippen LogP contribution in [0.2, 0.25) is 0 Å². The largest absolute Gasteiger partial charge is 0.493 e. The minimum absolute atomic E-state index is 0.0823. The number of aromatic amines is 1. The smallest absolute Gasteiger partial charge is 0.274 e. The molecule has 10 heteroatoms. The number of hydrogen-bond donors (Lipinski definition) is 2. The molecule has 37 heavy (non-hydrogen) atoms. The average Bonchev–Trinajstić information content (AvgIpc) is 3.65. The van der Waals surface area contributed by atoms with Gasteiger partial charge in [0.1, 0.15) is 5.69 Å². The molecule has 0 radical (unpaired) electrons. The molecule has 0 unspecified atom stereocenters. The number of amides is 1. The van der Waals surface area contributed by atoms with Crippen LogP contribution < -0.4 is 25.1 Å². The summed E-state index contributed by atoms with van der Waals surface area (Å²) >= 11 is 0. The second-order valence-electron chi connectivity index (χ2n) is 8.94. The Morgan fingerprint density at radius 3 is 2.35 bits per heavy atom. The van der Waals surface area contributed by atoms with Crippen LogP contribution in [-0.4, -0.2) is 47.2 Å². The summed E-state index contributed by atoms with van der Waals surface area (Å²) in [7, 11) is 4.62. The zero-order valence-corrected chi connectivity index (χ0v) is 21.0. The summed E-state index contributed by atoms with van der Waals surface area (Å²) < 4.78 is 17.8. The van der Waals surface area contributed by atoms with Crippen molar-refractivity contribution in [3.05, 3.63) is 64.2 Å². The Labute approximate surface area is 213 Å². The summed E-state index contributed by atoms with van der Waals surface area (Å²) in [4.78, 5) is 26.1. The molecule has 0 bridgehead atoms. The third-order valence-corrected chi connectivity index (χ3v) is 6.77. The van der Waals surface area contributed by atoms with Crippen LogP contribution in [0.3, 0.4) is 0 Å². The van der Waals surface area contributed by atoms with Gasteiger partial charge in [0.15, 0.2) is 11.5 Å². The molecule has 0 saturated heterocycles. The number of carbonyl (C=O) groups is 1. The molecule has 192 valence electrons. The monoisotopic (exact) mass is 503 g/mol. The minimum Gasteiger partial charge on any atom is -0.493 e. The SMILES string of the molecule is COc1cc(-c2cc(C(=O)NCc3nn(C4CCCC4)c(=O)c4ccccc34)[nH]n2)cc(OC)c1OC. The molecule has 2 heterocycles. The topological polar surface area (TPSA) is 120 Å². The Balaban J connectivity index is 1.39. The lowest BCUT2D eigenvalue weighted by molar-refractivity contribution is 0.0945. The van der Waals surface area contributed by atoms with E-state index in [1.807, 2.05) is 24.3 Å². The summed E-state index contributed by atoms with van der Waals surface area (Å²) in [5, 5.41) is 16.0. The zero-order valence-electron chi connectivity index (χ0n) is 21.0. The Kier molecular flexibility index (Phi) is 6.80. The third kappa shape index (κ3) is 4.62. The summed E-state index contributed by atoms with van der Waals surface area (Å²) in [6.07, 6.45) is 4.06. The van der Waals surface area contributed by atoms with Gasteiger partial charge in [0.05, 0.1) is 50.7 Å². The van der Waals surface area contributed by atoms with E-state index in [4.69, 9.17) is 14.2 Å². The van der Waals surface area contributed by atoms with E-state index < -0.39 is 0 Å². The zero-order chi connectivity index (χ0) is 25.9. The summed E-state index contributed by atoms with van der Waals surface area (Å²) in [6.45, 7) is 0.172. The van der Waals surface area contributed by atoms with E-state index in [0.717, 1.165) is 31.1 Å². The van der Waals surface area contributed by atoms with Crippen molar-refractivity contribution in [1.82, 2.24) is 25.3 Å². The number of rotatable bonds is 8. The molecular weight excluding hydrogens is 474 g/mol. The number of ether oxygens (including phenoxy) is 3. The maximum Gasteiger partial charge on any atom is 0.274 e. The van der Waals surface area contributed by atoms with Crippen LogP contribution in [0.5, 0.6) is 17.2 Å². The molecule has 1 amide bonds. The molecule has 4 aromatic rings. The fourth-order valence-corrected chi connectivity index (χ4v) is 4.87. The number of aromatic nitrogens is 4. The Morgan fingerprint density at radius 1 is 1.03 bits per heavy atom. The highest BCUT2D eigenvalue weighted by Crippen LogP contribution is 2.40. The summed E-state index contributed by atoms with van der Waals surface area (Å²) in [5.41, 5.74) is 2.10. The normalized spacial score (nSPS) is 13.6. The highest BCUT2D eigenvalue weighted by molar-refractivity contribution is 5.93. The molecule has 2 aromatic heterocycles. The highest BCUT2D eigenvalue weighted by atomic mass is 16.5. The predicted molar refractivity (Wildman–Crippen MR) is 138 cm³/mol. The maximum atomic E-state index is 13.1. The van der Waals surface area contributed by atoms with Gasteiger partial charge in [-0.2, -0.15) is 10.2 Å². The first-order valence-corrected chi connectivity index (χ1v) is 12.2. The fraction of sp³-hybridized carbons (Fsp3) is 0.333. The highest BCUT2D eigenvalue weighted by Gasteiger charge is 2.22. The number of methoxy groups -OCH3 is 3. The van der Waals surface area contributed by atoms with Crippen LogP contribution in [0, 0.1) is 0 Å². The van der Waals surface area contributed by atoms with E-state index in [1.165, 1.54) is 21.3 Å². The molecule has 0 spiro atoms. The van der Waals surface area contributed by atoms with Gasteiger partial charge in [-0.1, -0.05) is 31.0 Å². The first kappa shape index (κ1) is 24.4. The Morgan fingerprint density at radius 2 is 1.70 bits per heavy atom. The Hall–Kier alpha value is -4.34. The molecule has 2 aromatic carbocycles. The van der Waals surface area contributed by atoms with E-state index in [9.17, 15) is 9.59 Å². The van der Waals surface area contributed by atoms with Crippen molar-refractivity contribution < 1.29 is 19.0 Å². The summed E-state index contributed by atoms with van der Waals surface area (Å²) in [5.74, 6) is 1.11. The van der Waals surface area contributed by atoms with Gasteiger partial charge in [-0.15, -0.1) is 0 Å². The standard InChI is InChI=1S/C27H29N5O5/c1-35-23-12-16(13-24(36-2)25(23)37-3)20-14-21(30-29-20)26(33)28-15-22-18-10-6-7-11-19(18)27(34)32(31-22)17-8-4-5-9-17/h6-7,10-14,17H,4-5,8-9,15H2,1-3H3,(H,28,33)(H,29,30). The quantitative estimate of drug-likeness (QED) is 0.375. The first-order valence-electron chi connectivity index (χ1n) is 12.2. The van der Waals surface area contributed by atoms with Crippen LogP contribution in [-0.2, 0) is 6.54 Å². The van der Waals surface area contributed by atoms with E-state index in [0.29, 0.717) is 39.6 Å². The van der Waals surface area contributed by atoms with Crippen molar-refractivity contribution in [3.8, 4) is 28.5 Å². The van der Waals surface area contributed by atoms with E-state index in [1.54, 1.807) is 22.9 Å². The van der Waals surface area contributed by atoms with Gasteiger partial charge >= 0.3 is 0 Å². The third-order valence-electron chi connectivity index (χ3n) is 6.77. The lowest BCUT2D eigenvalue weighted by Crippen LogP contribution is -2.30. The average molecular weight is 504 g/mol. The predicted octanol–water partition coefficient (Wildman–Crippen LogP) is 3.86. The lowest BCUT2D eigenvalue weighted by Gasteiger charge is -2.16. The molecule has 0 aliphatic heterocycles. The molecule has 1 aliphatic carbocycles. The van der Waals surface area contributed by atoms with E-state index >= 15 is 0 Å². The van der Waals surface area contributed by atoms with E-state index in [-0.39, 0.29) is 29.7 Å². The van der Waals surface area contributed by atoms with Gasteiger partial charge in [0, 0.05) is 10.9 Å². The molecule has 1 fully saturated rings. The number of nitrogens with zero attached hydrogens (tertiary/aromatic N) is 3. The second-order valence-corrected chi connectivity index (χ2v) is 8.94. The van der Waals surface area contributed by atoms with Crippen molar-refractivity contribution in [2.45, 2.75) is 38.3 Å². The number of hydrogen-bond acceptors (Lipinski definition) is 7. The van der Waals surface area contributed by atoms with Gasteiger partial charge in [-0.3, -0.25) is 14.7 Å². The van der Waals surface area contributed by atoms with Crippen LogP contribution in [0.4, 0.5) is 0 Å². The van der Waals surface area contributed by atoms with Gasteiger partial charge in [0.25, 0.3) is 11.5 Å². The number of benzene rings is 2. The number of nitrogens with one attached hydrogen (secondary N) is 2. The Bertz CT molecular complexity index is 1480. The van der Waals surface area contributed by atoms with Gasteiger partial charge in [-0.05, 0) is 37.1 Å². The fourth-order valence-electron chi connectivity index (χ4n) is 4.87. The van der Waals surface area contributed by atoms with Crippen LogP contribution >= 0.6 is 0 Å². The van der Waals surface area contributed by atoms with Gasteiger partial charge in [0.2, 0.25) is 5.75 Å². The molecule has 1 aliphatic rings. The molecule has 0 atom stereocenters. The maximum absolute atomic E-state index is 13.1. The lowest BCUT2D eigenvalue weighted by atomic mass is 10.1. The first-order chi connectivity index (χ1) is 18.0. The van der Waals surface area contributed by atoms with Crippen LogP contribution in [0.15, 0.2) is 47.3 Å². The molecular formula is C27H29N5O5. The van der Waals surface area contributed by atoms with Crippen molar-refractivity contribution in [2.24, 2.45) is 0 Å². The minimum atomic E-state index is -0.337.